The topological polar surface area (TPSA) is 43.1 Å². The molecule has 0 aromatic heterocycles. The summed E-state index contributed by atoms with van der Waals surface area (Å²) in [6.45, 7) is 1.93. The molecular formula is C14H13Cl2NOS. The van der Waals surface area contributed by atoms with E-state index in [9.17, 15) is 4.21 Å². The van der Waals surface area contributed by atoms with Crippen LogP contribution in [0.25, 0.3) is 0 Å². The second kappa shape index (κ2) is 5.95. The fourth-order valence-corrected chi connectivity index (χ4v) is 3.78. The first-order valence-corrected chi connectivity index (χ1v) is 7.74. The summed E-state index contributed by atoms with van der Waals surface area (Å²) in [6, 6.07) is 10.7. The molecule has 1 unspecified atom stereocenters. The van der Waals surface area contributed by atoms with Crippen molar-refractivity contribution in [3.05, 3.63) is 57.6 Å². The van der Waals surface area contributed by atoms with Crippen molar-refractivity contribution >= 4 is 39.7 Å². The van der Waals surface area contributed by atoms with Crippen molar-refractivity contribution in [1.82, 2.24) is 0 Å². The third-order valence-corrected chi connectivity index (χ3v) is 4.85. The van der Waals surface area contributed by atoms with Gasteiger partial charge < -0.3 is 5.73 Å². The first kappa shape index (κ1) is 14.4. The summed E-state index contributed by atoms with van der Waals surface area (Å²) in [7, 11) is -1.27. The highest BCUT2D eigenvalue weighted by Crippen LogP contribution is 2.28. The van der Waals surface area contributed by atoms with E-state index in [1.807, 2.05) is 19.1 Å². The molecule has 0 amide bonds. The van der Waals surface area contributed by atoms with Gasteiger partial charge in [-0.25, -0.2) is 0 Å². The molecule has 0 aliphatic carbocycles. The van der Waals surface area contributed by atoms with Crippen molar-refractivity contribution in [2.24, 2.45) is 0 Å². The zero-order chi connectivity index (χ0) is 14.0. The number of anilines is 1. The number of hydrogen-bond donors (Lipinski definition) is 1. The van der Waals surface area contributed by atoms with E-state index in [0.717, 1.165) is 5.56 Å². The molecule has 0 saturated carbocycles. The summed E-state index contributed by atoms with van der Waals surface area (Å²) in [5, 5.41) is 1.04. The minimum absolute atomic E-state index is 0.256. The zero-order valence-electron chi connectivity index (χ0n) is 10.3. The fourth-order valence-electron chi connectivity index (χ4n) is 1.72. The van der Waals surface area contributed by atoms with Crippen LogP contribution in [-0.2, 0) is 16.6 Å². The molecule has 2 N–H and O–H groups in total. The third kappa shape index (κ3) is 3.30. The van der Waals surface area contributed by atoms with Gasteiger partial charge in [0.2, 0.25) is 0 Å². The van der Waals surface area contributed by atoms with Gasteiger partial charge in [-0.3, -0.25) is 4.21 Å². The summed E-state index contributed by atoms with van der Waals surface area (Å²) in [6.07, 6.45) is 0. The van der Waals surface area contributed by atoms with E-state index in [4.69, 9.17) is 28.9 Å². The lowest BCUT2D eigenvalue weighted by atomic mass is 10.2. The normalized spacial score (nSPS) is 12.4. The number of aryl methyl sites for hydroxylation is 1. The average Bonchev–Trinajstić information content (AvgIpc) is 2.37. The van der Waals surface area contributed by atoms with Crippen LogP contribution in [0.15, 0.2) is 41.3 Å². The number of nitrogen functional groups attached to an aromatic ring is 1. The number of rotatable bonds is 3. The molecular weight excluding hydrogens is 301 g/mol. The van der Waals surface area contributed by atoms with Crippen LogP contribution in [-0.4, -0.2) is 4.21 Å². The van der Waals surface area contributed by atoms with E-state index in [1.54, 1.807) is 24.3 Å². The van der Waals surface area contributed by atoms with Crippen molar-refractivity contribution in [2.75, 3.05) is 5.73 Å². The molecule has 0 heterocycles. The largest absolute Gasteiger partial charge is 0.398 e. The third-order valence-electron chi connectivity index (χ3n) is 2.75. The van der Waals surface area contributed by atoms with Crippen LogP contribution in [0.3, 0.4) is 0 Å². The van der Waals surface area contributed by atoms with E-state index in [1.165, 1.54) is 0 Å². The van der Waals surface area contributed by atoms with Gasteiger partial charge in [0.1, 0.15) is 0 Å². The molecule has 0 aliphatic rings. The van der Waals surface area contributed by atoms with Gasteiger partial charge in [-0.1, -0.05) is 35.3 Å². The number of halogens is 2. The Kier molecular flexibility index (Phi) is 4.50. The van der Waals surface area contributed by atoms with Gasteiger partial charge in [0.05, 0.1) is 21.4 Å². The summed E-state index contributed by atoms with van der Waals surface area (Å²) in [5.41, 5.74) is 8.08. The van der Waals surface area contributed by atoms with Gasteiger partial charge in [-0.2, -0.15) is 0 Å². The van der Waals surface area contributed by atoms with Crippen molar-refractivity contribution in [3.8, 4) is 0 Å². The maximum atomic E-state index is 12.4. The van der Waals surface area contributed by atoms with Crippen LogP contribution in [0.2, 0.25) is 10.0 Å². The number of benzene rings is 2. The molecule has 0 fully saturated rings. The molecule has 100 valence electrons. The van der Waals surface area contributed by atoms with Gasteiger partial charge in [0, 0.05) is 21.3 Å². The van der Waals surface area contributed by atoms with E-state index < -0.39 is 10.8 Å². The monoisotopic (exact) mass is 313 g/mol. The molecule has 0 radical (unpaired) electrons. The highest BCUT2D eigenvalue weighted by Gasteiger charge is 2.13. The number of nitrogens with two attached hydrogens (primary N) is 1. The average molecular weight is 314 g/mol. The highest BCUT2D eigenvalue weighted by atomic mass is 35.5. The second-order valence-corrected chi connectivity index (χ2v) is 6.47. The second-order valence-electron chi connectivity index (χ2n) is 4.23. The van der Waals surface area contributed by atoms with E-state index >= 15 is 0 Å². The Balaban J connectivity index is 2.34. The molecule has 2 aromatic carbocycles. The van der Waals surface area contributed by atoms with Crippen molar-refractivity contribution in [2.45, 2.75) is 17.6 Å². The van der Waals surface area contributed by atoms with Crippen LogP contribution in [0.1, 0.15) is 11.1 Å². The minimum atomic E-state index is -1.27. The quantitative estimate of drug-likeness (QED) is 0.863. The molecule has 2 aromatic rings. The molecule has 0 aliphatic heterocycles. The summed E-state index contributed by atoms with van der Waals surface area (Å²) >= 11 is 12.2. The standard InChI is InChI=1S/C14H13Cl2NOS/c1-9-5-6-13(17)14(7-9)19(18)8-10-11(15)3-2-4-12(10)16/h2-7H,8,17H2,1H3. The molecule has 5 heteroatoms. The summed E-state index contributed by atoms with van der Waals surface area (Å²) in [5.74, 6) is 0.256. The molecule has 0 spiro atoms. The van der Waals surface area contributed by atoms with Gasteiger partial charge in [0.15, 0.2) is 0 Å². The molecule has 2 rings (SSSR count). The predicted octanol–water partition coefficient (Wildman–Crippen LogP) is 4.19. The lowest BCUT2D eigenvalue weighted by molar-refractivity contribution is 0.683. The highest BCUT2D eigenvalue weighted by molar-refractivity contribution is 7.84. The molecule has 2 nitrogen and oxygen atoms in total. The Morgan fingerprint density at radius 3 is 2.42 bits per heavy atom. The minimum Gasteiger partial charge on any atom is -0.398 e. The Hall–Kier alpha value is -1.03. The Bertz CT molecular complexity index is 623. The number of hydrogen-bond acceptors (Lipinski definition) is 2. The fraction of sp³-hybridized carbons (Fsp3) is 0.143. The van der Waals surface area contributed by atoms with Crippen LogP contribution >= 0.6 is 23.2 Å². The van der Waals surface area contributed by atoms with E-state index in [-0.39, 0.29) is 5.75 Å². The Labute approximate surface area is 125 Å². The SMILES string of the molecule is Cc1ccc(N)c(S(=O)Cc2c(Cl)cccc2Cl)c1. The molecule has 0 bridgehead atoms. The molecule has 0 saturated heterocycles. The van der Waals surface area contributed by atoms with Crippen molar-refractivity contribution in [1.29, 1.82) is 0 Å². The van der Waals surface area contributed by atoms with Crippen molar-refractivity contribution < 1.29 is 4.21 Å². The van der Waals surface area contributed by atoms with E-state index in [0.29, 0.717) is 26.2 Å². The Morgan fingerprint density at radius 1 is 1.16 bits per heavy atom. The van der Waals surface area contributed by atoms with Gasteiger partial charge in [-0.05, 0) is 36.8 Å². The first-order valence-electron chi connectivity index (χ1n) is 5.66. The van der Waals surface area contributed by atoms with E-state index in [2.05, 4.69) is 0 Å². The first-order chi connectivity index (χ1) is 8.99. The lowest BCUT2D eigenvalue weighted by Gasteiger charge is -2.09. The summed E-state index contributed by atoms with van der Waals surface area (Å²) in [4.78, 5) is 0.621. The van der Waals surface area contributed by atoms with Crippen LogP contribution < -0.4 is 5.73 Å². The summed E-state index contributed by atoms with van der Waals surface area (Å²) < 4.78 is 12.4. The van der Waals surface area contributed by atoms with Gasteiger partial charge in [-0.15, -0.1) is 0 Å². The smallest absolute Gasteiger partial charge is 0.0623 e. The predicted molar refractivity (Wildman–Crippen MR) is 82.2 cm³/mol. The van der Waals surface area contributed by atoms with Crippen LogP contribution in [0.5, 0.6) is 0 Å². The lowest BCUT2D eigenvalue weighted by Crippen LogP contribution is -2.02. The maximum absolute atomic E-state index is 12.4. The van der Waals surface area contributed by atoms with Crippen LogP contribution in [0.4, 0.5) is 5.69 Å². The van der Waals surface area contributed by atoms with Gasteiger partial charge in [0.25, 0.3) is 0 Å². The Morgan fingerprint density at radius 2 is 1.79 bits per heavy atom. The van der Waals surface area contributed by atoms with Gasteiger partial charge >= 0.3 is 0 Å². The molecule has 1 atom stereocenters. The zero-order valence-corrected chi connectivity index (χ0v) is 12.6. The van der Waals surface area contributed by atoms with Crippen LogP contribution in [0, 0.1) is 6.92 Å². The molecule has 19 heavy (non-hydrogen) atoms. The van der Waals surface area contributed by atoms with Crippen molar-refractivity contribution in [3.63, 3.8) is 0 Å². The maximum Gasteiger partial charge on any atom is 0.0623 e.